The third kappa shape index (κ3) is 5.12. The van der Waals surface area contributed by atoms with Gasteiger partial charge in [-0.3, -0.25) is 9.89 Å². The molecule has 0 radical (unpaired) electrons. The number of hydrogen-bond donors (Lipinski definition) is 5. The van der Waals surface area contributed by atoms with Crippen LogP contribution < -0.4 is 21.7 Å². The lowest BCUT2D eigenvalue weighted by molar-refractivity contribution is 0.0940. The van der Waals surface area contributed by atoms with Crippen molar-refractivity contribution in [2.24, 2.45) is 5.73 Å². The molecule has 28 heavy (non-hydrogen) atoms. The standard InChI is InChI=1S/C19H24N6O2S/c1-2-15-12(10-22-25-15)6-7-14-9-16(24-19(20)27)17(28-14)18(26)23-13-5-3-4-8-21-11-13/h9-10,13,21H,2-5,8,11H2,1H3,(H,22,25)(H,23,26)(H3,20,24,27)/t13-/m0/s1. The smallest absolute Gasteiger partial charge is 0.316 e. The van der Waals surface area contributed by atoms with E-state index < -0.39 is 6.03 Å². The van der Waals surface area contributed by atoms with E-state index in [1.807, 2.05) is 6.92 Å². The number of rotatable bonds is 4. The predicted molar refractivity (Wildman–Crippen MR) is 109 cm³/mol. The van der Waals surface area contributed by atoms with Crippen molar-refractivity contribution in [2.75, 3.05) is 18.4 Å². The maximum absolute atomic E-state index is 12.8. The molecule has 3 amide bonds. The molecule has 0 bridgehead atoms. The number of nitrogens with two attached hydrogens (primary N) is 1. The van der Waals surface area contributed by atoms with Crippen molar-refractivity contribution < 1.29 is 9.59 Å². The molecule has 2 aromatic heterocycles. The van der Waals surface area contributed by atoms with Crippen LogP contribution in [0.2, 0.25) is 0 Å². The lowest BCUT2D eigenvalue weighted by Gasteiger charge is -2.16. The van der Waals surface area contributed by atoms with Crippen LogP contribution >= 0.6 is 11.3 Å². The highest BCUT2D eigenvalue weighted by atomic mass is 32.1. The molecule has 2 aromatic rings. The highest BCUT2D eigenvalue weighted by Gasteiger charge is 2.21. The fourth-order valence-corrected chi connectivity index (χ4v) is 3.93. The number of thiophene rings is 1. The summed E-state index contributed by atoms with van der Waals surface area (Å²) in [5, 5.41) is 15.8. The number of aryl methyl sites for hydroxylation is 1. The van der Waals surface area contributed by atoms with E-state index in [4.69, 9.17) is 5.73 Å². The Balaban J connectivity index is 1.81. The molecule has 0 unspecified atom stereocenters. The molecule has 1 atom stereocenters. The fraction of sp³-hybridized carbons (Fsp3) is 0.421. The zero-order valence-electron chi connectivity index (χ0n) is 15.7. The number of hydrogen-bond acceptors (Lipinski definition) is 5. The molecule has 1 aliphatic rings. The quantitative estimate of drug-likeness (QED) is 0.502. The summed E-state index contributed by atoms with van der Waals surface area (Å²) in [4.78, 5) is 25.2. The van der Waals surface area contributed by atoms with Gasteiger partial charge in [0.25, 0.3) is 5.91 Å². The van der Waals surface area contributed by atoms with E-state index in [2.05, 4.69) is 38.0 Å². The molecular formula is C19H24N6O2S. The Hall–Kier alpha value is -2.83. The van der Waals surface area contributed by atoms with Gasteiger partial charge in [0.15, 0.2) is 0 Å². The molecule has 0 aliphatic carbocycles. The molecule has 8 nitrogen and oxygen atoms in total. The van der Waals surface area contributed by atoms with Gasteiger partial charge in [-0.1, -0.05) is 25.2 Å². The molecule has 0 saturated carbocycles. The molecule has 0 aromatic carbocycles. The molecule has 1 saturated heterocycles. The highest BCUT2D eigenvalue weighted by molar-refractivity contribution is 7.15. The molecule has 0 spiro atoms. The number of carbonyl (C=O) groups excluding carboxylic acids is 2. The van der Waals surface area contributed by atoms with Crippen LogP contribution in [0.25, 0.3) is 0 Å². The Kier molecular flexibility index (Phi) is 6.68. The van der Waals surface area contributed by atoms with Gasteiger partial charge in [0.1, 0.15) is 4.88 Å². The molecule has 1 aliphatic heterocycles. The lowest BCUT2D eigenvalue weighted by Crippen LogP contribution is -2.40. The second-order valence-electron chi connectivity index (χ2n) is 6.58. The van der Waals surface area contributed by atoms with Gasteiger partial charge in [-0.25, -0.2) is 4.79 Å². The minimum atomic E-state index is -0.717. The Morgan fingerprint density at radius 3 is 3.04 bits per heavy atom. The van der Waals surface area contributed by atoms with E-state index in [1.54, 1.807) is 12.3 Å². The first kappa shape index (κ1) is 19.9. The number of aromatic nitrogens is 2. The maximum atomic E-state index is 12.8. The number of carbonyl (C=O) groups is 2. The Labute approximate surface area is 167 Å². The summed E-state index contributed by atoms with van der Waals surface area (Å²) < 4.78 is 0. The lowest BCUT2D eigenvalue weighted by atomic mass is 10.1. The second kappa shape index (κ2) is 9.39. The fourth-order valence-electron chi connectivity index (χ4n) is 3.06. The molecule has 3 heterocycles. The van der Waals surface area contributed by atoms with Gasteiger partial charge in [0.05, 0.1) is 28.0 Å². The van der Waals surface area contributed by atoms with Gasteiger partial charge < -0.3 is 21.7 Å². The number of nitrogens with one attached hydrogen (secondary N) is 4. The van der Waals surface area contributed by atoms with Crippen molar-refractivity contribution >= 4 is 29.0 Å². The molecule has 9 heteroatoms. The molecule has 6 N–H and O–H groups in total. The molecule has 148 valence electrons. The van der Waals surface area contributed by atoms with Gasteiger partial charge in [-0.05, 0) is 31.9 Å². The second-order valence-corrected chi connectivity index (χ2v) is 7.63. The monoisotopic (exact) mass is 400 g/mol. The van der Waals surface area contributed by atoms with Crippen molar-refractivity contribution in [1.29, 1.82) is 0 Å². The third-order valence-corrected chi connectivity index (χ3v) is 5.52. The van der Waals surface area contributed by atoms with Crippen molar-refractivity contribution in [1.82, 2.24) is 20.8 Å². The first-order valence-electron chi connectivity index (χ1n) is 9.33. The van der Waals surface area contributed by atoms with Gasteiger partial charge in [0.2, 0.25) is 0 Å². The summed E-state index contributed by atoms with van der Waals surface area (Å²) >= 11 is 1.23. The molecule has 3 rings (SSSR count). The Morgan fingerprint density at radius 2 is 2.25 bits per heavy atom. The highest BCUT2D eigenvalue weighted by Crippen LogP contribution is 2.27. The van der Waals surface area contributed by atoms with Crippen molar-refractivity contribution in [3.8, 4) is 11.8 Å². The largest absolute Gasteiger partial charge is 0.351 e. The summed E-state index contributed by atoms with van der Waals surface area (Å²) in [7, 11) is 0. The van der Waals surface area contributed by atoms with Crippen LogP contribution in [0.1, 0.15) is 52.0 Å². The normalized spacial score (nSPS) is 16.5. The maximum Gasteiger partial charge on any atom is 0.316 e. The first-order chi connectivity index (χ1) is 13.6. The van der Waals surface area contributed by atoms with Crippen LogP contribution in [-0.2, 0) is 6.42 Å². The summed E-state index contributed by atoms with van der Waals surface area (Å²) in [6, 6.07) is 1.02. The molecular weight excluding hydrogens is 376 g/mol. The number of nitrogens with zero attached hydrogens (tertiary/aromatic N) is 1. The van der Waals surface area contributed by atoms with E-state index in [0.717, 1.165) is 50.0 Å². The van der Waals surface area contributed by atoms with Crippen LogP contribution in [0.4, 0.5) is 10.5 Å². The average molecular weight is 401 g/mol. The first-order valence-corrected chi connectivity index (χ1v) is 10.1. The number of urea groups is 1. The third-order valence-electron chi connectivity index (χ3n) is 4.47. The zero-order valence-corrected chi connectivity index (χ0v) is 16.5. The zero-order chi connectivity index (χ0) is 19.9. The number of anilines is 1. The molecule has 1 fully saturated rings. The summed E-state index contributed by atoms with van der Waals surface area (Å²) in [6.45, 7) is 3.72. The van der Waals surface area contributed by atoms with E-state index in [1.165, 1.54) is 11.3 Å². The van der Waals surface area contributed by atoms with E-state index in [9.17, 15) is 9.59 Å². The number of amides is 3. The van der Waals surface area contributed by atoms with Gasteiger partial charge in [-0.15, -0.1) is 11.3 Å². The topological polar surface area (TPSA) is 125 Å². The minimum absolute atomic E-state index is 0.0612. The predicted octanol–water partition coefficient (Wildman–Crippen LogP) is 1.80. The SMILES string of the molecule is CCc1[nH]ncc1C#Cc1cc(NC(N)=O)c(C(=O)N[C@H]2CCCCNC2)s1. The van der Waals surface area contributed by atoms with Crippen LogP contribution in [0, 0.1) is 11.8 Å². The van der Waals surface area contributed by atoms with Gasteiger partial charge in [0, 0.05) is 12.6 Å². The van der Waals surface area contributed by atoms with Crippen molar-refractivity contribution in [2.45, 2.75) is 38.6 Å². The van der Waals surface area contributed by atoms with Crippen LogP contribution in [0.5, 0.6) is 0 Å². The van der Waals surface area contributed by atoms with Crippen molar-refractivity contribution in [3.05, 3.63) is 33.3 Å². The van der Waals surface area contributed by atoms with Gasteiger partial charge >= 0.3 is 6.03 Å². The summed E-state index contributed by atoms with van der Waals surface area (Å²) in [6.07, 6.45) is 5.57. The van der Waals surface area contributed by atoms with Crippen LogP contribution in [-0.4, -0.2) is 41.3 Å². The number of H-pyrrole nitrogens is 1. The van der Waals surface area contributed by atoms with E-state index in [-0.39, 0.29) is 11.9 Å². The van der Waals surface area contributed by atoms with Crippen LogP contribution in [0.3, 0.4) is 0 Å². The van der Waals surface area contributed by atoms with Gasteiger partial charge in [-0.2, -0.15) is 5.10 Å². The number of primary amides is 1. The summed E-state index contributed by atoms with van der Waals surface area (Å²) in [5.74, 6) is 5.88. The minimum Gasteiger partial charge on any atom is -0.351 e. The Bertz CT molecular complexity index is 899. The van der Waals surface area contributed by atoms with E-state index >= 15 is 0 Å². The van der Waals surface area contributed by atoms with Crippen molar-refractivity contribution in [3.63, 3.8) is 0 Å². The number of aromatic amines is 1. The van der Waals surface area contributed by atoms with Crippen LogP contribution in [0.15, 0.2) is 12.3 Å². The Morgan fingerprint density at radius 1 is 1.39 bits per heavy atom. The van der Waals surface area contributed by atoms with E-state index in [0.29, 0.717) is 15.4 Å². The average Bonchev–Trinajstić information content (AvgIpc) is 3.19. The summed E-state index contributed by atoms with van der Waals surface area (Å²) in [5.41, 5.74) is 7.41.